The molecule has 9 heteroatoms. The lowest BCUT2D eigenvalue weighted by atomic mass is 10.2. The first-order valence-corrected chi connectivity index (χ1v) is 10.3. The molecule has 0 saturated heterocycles. The van der Waals surface area contributed by atoms with Gasteiger partial charge in [0.2, 0.25) is 0 Å². The molecule has 0 saturated carbocycles. The molecule has 0 unspecified atom stereocenters. The van der Waals surface area contributed by atoms with Crippen LogP contribution in [0.25, 0.3) is 0 Å². The minimum Gasteiger partial charge on any atom is -0.494 e. The van der Waals surface area contributed by atoms with Crippen LogP contribution in [0.4, 0.5) is 0 Å². The smallest absolute Gasteiger partial charge is 0.307 e. The number of hydrogen-bond acceptors (Lipinski definition) is 7. The SMILES string of the molecule is CCOc1cccc(/C=N/NC(=O)c2ccc(C(=O)N/N=C/c3cccc(OCC)c3)o2)c1. The average Bonchev–Trinajstić information content (AvgIpc) is 3.31. The van der Waals surface area contributed by atoms with E-state index in [4.69, 9.17) is 13.9 Å². The van der Waals surface area contributed by atoms with Crippen LogP contribution in [0.5, 0.6) is 11.5 Å². The molecule has 0 fully saturated rings. The Kier molecular flexibility index (Phi) is 8.35. The van der Waals surface area contributed by atoms with E-state index in [2.05, 4.69) is 21.1 Å². The van der Waals surface area contributed by atoms with Crippen molar-refractivity contribution in [2.75, 3.05) is 13.2 Å². The number of carbonyl (C=O) groups is 2. The lowest BCUT2D eigenvalue weighted by molar-refractivity contribution is 0.0902. The quantitative estimate of drug-likeness (QED) is 0.363. The van der Waals surface area contributed by atoms with Gasteiger partial charge >= 0.3 is 11.8 Å². The number of furan rings is 1. The number of rotatable bonds is 10. The van der Waals surface area contributed by atoms with Crippen molar-refractivity contribution in [2.24, 2.45) is 10.2 Å². The van der Waals surface area contributed by atoms with Crippen LogP contribution in [-0.2, 0) is 0 Å². The van der Waals surface area contributed by atoms with Gasteiger partial charge in [0.05, 0.1) is 25.6 Å². The number of nitrogens with zero attached hydrogens (tertiary/aromatic N) is 2. The van der Waals surface area contributed by atoms with Crippen molar-refractivity contribution in [3.8, 4) is 11.5 Å². The van der Waals surface area contributed by atoms with E-state index in [0.29, 0.717) is 24.7 Å². The summed E-state index contributed by atoms with van der Waals surface area (Å²) < 4.78 is 16.1. The van der Waals surface area contributed by atoms with Crippen molar-refractivity contribution in [1.29, 1.82) is 0 Å². The van der Waals surface area contributed by atoms with Crippen LogP contribution in [0.2, 0.25) is 0 Å². The molecule has 3 rings (SSSR count). The fourth-order valence-electron chi connectivity index (χ4n) is 2.73. The first-order chi connectivity index (χ1) is 16.1. The van der Waals surface area contributed by atoms with Crippen molar-refractivity contribution in [1.82, 2.24) is 10.9 Å². The zero-order chi connectivity index (χ0) is 23.5. The normalized spacial score (nSPS) is 11.0. The largest absolute Gasteiger partial charge is 0.494 e. The third-order valence-electron chi connectivity index (χ3n) is 4.15. The molecular formula is C24H24N4O5. The highest BCUT2D eigenvalue weighted by Gasteiger charge is 2.15. The molecule has 33 heavy (non-hydrogen) atoms. The summed E-state index contributed by atoms with van der Waals surface area (Å²) in [6.45, 7) is 4.90. The van der Waals surface area contributed by atoms with Crippen LogP contribution in [0.3, 0.4) is 0 Å². The third-order valence-corrected chi connectivity index (χ3v) is 4.15. The second kappa shape index (κ2) is 11.8. The summed E-state index contributed by atoms with van der Waals surface area (Å²) in [5.74, 6) is 0.103. The number of nitrogens with one attached hydrogen (secondary N) is 2. The van der Waals surface area contributed by atoms with Crippen molar-refractivity contribution in [2.45, 2.75) is 13.8 Å². The molecule has 0 aliphatic rings. The Bertz CT molecular complexity index is 1070. The monoisotopic (exact) mass is 448 g/mol. The first kappa shape index (κ1) is 23.3. The number of carbonyl (C=O) groups excluding carboxylic acids is 2. The number of hydrogen-bond donors (Lipinski definition) is 2. The van der Waals surface area contributed by atoms with Crippen LogP contribution < -0.4 is 20.3 Å². The van der Waals surface area contributed by atoms with Crippen molar-refractivity contribution >= 4 is 24.2 Å². The van der Waals surface area contributed by atoms with Crippen LogP contribution in [0.15, 0.2) is 75.3 Å². The minimum atomic E-state index is -0.595. The predicted molar refractivity (Wildman–Crippen MR) is 124 cm³/mol. The van der Waals surface area contributed by atoms with E-state index in [1.165, 1.54) is 24.6 Å². The van der Waals surface area contributed by atoms with Crippen LogP contribution in [0.1, 0.15) is 46.1 Å². The Morgan fingerprint density at radius 2 is 1.24 bits per heavy atom. The molecule has 1 aromatic heterocycles. The second-order valence-electron chi connectivity index (χ2n) is 6.57. The van der Waals surface area contributed by atoms with Crippen molar-refractivity contribution < 1.29 is 23.5 Å². The molecule has 2 amide bonds. The predicted octanol–water partition coefficient (Wildman–Crippen LogP) is 3.60. The summed E-state index contributed by atoms with van der Waals surface area (Å²) in [5.41, 5.74) is 6.22. The van der Waals surface area contributed by atoms with Crippen molar-refractivity contribution in [3.63, 3.8) is 0 Å². The molecule has 0 aliphatic heterocycles. The summed E-state index contributed by atoms with van der Waals surface area (Å²) in [6, 6.07) is 17.3. The zero-order valence-electron chi connectivity index (χ0n) is 18.3. The van der Waals surface area contributed by atoms with E-state index < -0.39 is 11.8 Å². The second-order valence-corrected chi connectivity index (χ2v) is 6.57. The maximum atomic E-state index is 12.2. The minimum absolute atomic E-state index is 0.0613. The van der Waals surface area contributed by atoms with Gasteiger partial charge < -0.3 is 13.9 Å². The molecule has 2 aromatic carbocycles. The van der Waals surface area contributed by atoms with E-state index in [1.807, 2.05) is 50.2 Å². The van der Waals surface area contributed by atoms with Crippen LogP contribution >= 0.6 is 0 Å². The zero-order valence-corrected chi connectivity index (χ0v) is 18.3. The Morgan fingerprint density at radius 3 is 1.67 bits per heavy atom. The van der Waals surface area contributed by atoms with E-state index in [9.17, 15) is 9.59 Å². The number of ether oxygens (including phenoxy) is 2. The molecule has 3 aromatic rings. The Labute approximate surface area is 191 Å². The van der Waals surface area contributed by atoms with Crippen molar-refractivity contribution in [3.05, 3.63) is 83.3 Å². The average molecular weight is 448 g/mol. The molecular weight excluding hydrogens is 424 g/mol. The fourth-order valence-corrected chi connectivity index (χ4v) is 2.73. The number of amides is 2. The highest BCUT2D eigenvalue weighted by Crippen LogP contribution is 2.13. The van der Waals surface area contributed by atoms with E-state index in [1.54, 1.807) is 12.1 Å². The maximum absolute atomic E-state index is 12.2. The topological polar surface area (TPSA) is 115 Å². The van der Waals surface area contributed by atoms with Gasteiger partial charge in [-0.2, -0.15) is 10.2 Å². The van der Waals surface area contributed by atoms with Crippen LogP contribution in [-0.4, -0.2) is 37.5 Å². The standard InChI is InChI=1S/C24H24N4O5/c1-3-31-19-9-5-7-17(13-19)15-25-27-23(29)21-11-12-22(33-21)24(30)28-26-16-18-8-6-10-20(14-18)32-4-2/h5-16H,3-4H2,1-2H3,(H,27,29)(H,28,30)/b25-15+,26-16+. The summed E-state index contributed by atoms with van der Waals surface area (Å²) in [7, 11) is 0. The highest BCUT2D eigenvalue weighted by atomic mass is 16.5. The molecule has 2 N–H and O–H groups in total. The molecule has 0 atom stereocenters. The number of hydrazone groups is 2. The molecule has 9 nitrogen and oxygen atoms in total. The molecule has 170 valence electrons. The van der Waals surface area contributed by atoms with E-state index in [0.717, 1.165) is 11.1 Å². The fraction of sp³-hybridized carbons (Fsp3) is 0.167. The summed E-state index contributed by atoms with van der Waals surface area (Å²) in [4.78, 5) is 24.4. The molecule has 0 bridgehead atoms. The van der Waals surface area contributed by atoms with Crippen LogP contribution in [0, 0.1) is 0 Å². The van der Waals surface area contributed by atoms with Gasteiger partial charge in [0.25, 0.3) is 0 Å². The van der Waals surface area contributed by atoms with Gasteiger partial charge in [-0.3, -0.25) is 9.59 Å². The Balaban J connectivity index is 1.53. The third kappa shape index (κ3) is 7.06. The summed E-state index contributed by atoms with van der Waals surface area (Å²) >= 11 is 0. The lowest BCUT2D eigenvalue weighted by Crippen LogP contribution is -2.18. The van der Waals surface area contributed by atoms with Gasteiger partial charge in [0.1, 0.15) is 11.5 Å². The molecule has 0 spiro atoms. The highest BCUT2D eigenvalue weighted by molar-refractivity contribution is 5.96. The van der Waals surface area contributed by atoms with Gasteiger partial charge in [-0.15, -0.1) is 0 Å². The Hall–Kier alpha value is -4.40. The van der Waals surface area contributed by atoms with E-state index >= 15 is 0 Å². The van der Waals surface area contributed by atoms with Gasteiger partial charge in [-0.25, -0.2) is 10.9 Å². The van der Waals surface area contributed by atoms with Gasteiger partial charge in [0.15, 0.2) is 11.5 Å². The maximum Gasteiger partial charge on any atom is 0.307 e. The van der Waals surface area contributed by atoms with Gasteiger partial charge in [0, 0.05) is 0 Å². The van der Waals surface area contributed by atoms with Gasteiger partial charge in [-0.1, -0.05) is 24.3 Å². The first-order valence-electron chi connectivity index (χ1n) is 10.3. The number of benzene rings is 2. The van der Waals surface area contributed by atoms with Gasteiger partial charge in [-0.05, 0) is 61.4 Å². The Morgan fingerprint density at radius 1 is 0.788 bits per heavy atom. The summed E-state index contributed by atoms with van der Waals surface area (Å²) in [6.07, 6.45) is 2.96. The van der Waals surface area contributed by atoms with E-state index in [-0.39, 0.29) is 11.5 Å². The molecule has 0 aliphatic carbocycles. The summed E-state index contributed by atoms with van der Waals surface area (Å²) in [5, 5.41) is 7.80. The molecule has 1 heterocycles. The molecule has 0 radical (unpaired) electrons. The lowest BCUT2D eigenvalue weighted by Gasteiger charge is -2.03.